The highest BCUT2D eigenvalue weighted by Gasteiger charge is 2.43. The van der Waals surface area contributed by atoms with Gasteiger partial charge in [-0.2, -0.15) is 4.68 Å². The second-order valence-electron chi connectivity index (χ2n) is 7.46. The predicted molar refractivity (Wildman–Crippen MR) is 104 cm³/mol. The Morgan fingerprint density at radius 3 is 2.38 bits per heavy atom. The molecule has 0 saturated carbocycles. The van der Waals surface area contributed by atoms with Crippen LogP contribution < -0.4 is 0 Å². The molecule has 5 nitrogen and oxygen atoms in total. The van der Waals surface area contributed by atoms with Crippen LogP contribution in [-0.4, -0.2) is 43.9 Å². The third-order valence-corrected chi connectivity index (χ3v) is 6.58. The van der Waals surface area contributed by atoms with Gasteiger partial charge in [-0.25, -0.2) is 4.98 Å². The maximum absolute atomic E-state index is 13.1. The molecule has 2 unspecified atom stereocenters. The number of fused-ring (bicyclic) bond motifs is 1. The van der Waals surface area contributed by atoms with Crippen molar-refractivity contribution in [2.45, 2.75) is 62.4 Å². The molecule has 1 aromatic carbocycles. The first-order valence-corrected chi connectivity index (χ1v) is 10.5. The van der Waals surface area contributed by atoms with Crippen molar-refractivity contribution in [3.63, 3.8) is 0 Å². The van der Waals surface area contributed by atoms with E-state index in [0.29, 0.717) is 5.92 Å². The normalized spacial score (nSPS) is 21.5. The number of carbonyl (C=O) groups excluding carboxylic acids is 1. The van der Waals surface area contributed by atoms with Gasteiger partial charge in [0.2, 0.25) is 0 Å². The van der Waals surface area contributed by atoms with Crippen LogP contribution in [0.3, 0.4) is 0 Å². The van der Waals surface area contributed by atoms with E-state index in [1.165, 1.54) is 28.7 Å². The maximum atomic E-state index is 13.1. The van der Waals surface area contributed by atoms with E-state index < -0.39 is 0 Å². The molecule has 2 aliphatic rings. The Bertz CT molecular complexity index is 793. The first kappa shape index (κ1) is 17.7. The van der Waals surface area contributed by atoms with Gasteiger partial charge in [0.1, 0.15) is 5.25 Å². The zero-order valence-electron chi connectivity index (χ0n) is 15.7. The summed E-state index contributed by atoms with van der Waals surface area (Å²) in [5.74, 6) is 1.33. The van der Waals surface area contributed by atoms with Gasteiger partial charge in [0.25, 0.3) is 5.91 Å². The standard InChI is InChI=1S/C20H26N4OS/c1-4-16-21-20-24(22-16)19(25)18(26-20)17(23-11-5-6-12-23)15-9-7-14(8-10-15)13(2)3/h7-10,13,17-18H,4-6,11-12H2,1-3H3. The summed E-state index contributed by atoms with van der Waals surface area (Å²) in [6, 6.07) is 8.92. The summed E-state index contributed by atoms with van der Waals surface area (Å²) in [4.78, 5) is 20.1. The average Bonchev–Trinajstić information content (AvgIpc) is 3.35. The molecule has 1 fully saturated rings. The lowest BCUT2D eigenvalue weighted by Gasteiger charge is -2.31. The first-order valence-electron chi connectivity index (χ1n) is 9.59. The van der Waals surface area contributed by atoms with Gasteiger partial charge in [0.15, 0.2) is 11.0 Å². The Morgan fingerprint density at radius 1 is 1.15 bits per heavy atom. The predicted octanol–water partition coefficient (Wildman–Crippen LogP) is 3.92. The lowest BCUT2D eigenvalue weighted by Crippen LogP contribution is -2.37. The summed E-state index contributed by atoms with van der Waals surface area (Å²) >= 11 is 1.58. The van der Waals surface area contributed by atoms with Gasteiger partial charge in [-0.15, -0.1) is 5.10 Å². The summed E-state index contributed by atoms with van der Waals surface area (Å²) in [5, 5.41) is 4.98. The van der Waals surface area contributed by atoms with Crippen LogP contribution in [0.15, 0.2) is 29.4 Å². The summed E-state index contributed by atoms with van der Waals surface area (Å²) < 4.78 is 1.53. The molecule has 138 valence electrons. The van der Waals surface area contributed by atoms with Crippen molar-refractivity contribution in [3.05, 3.63) is 41.2 Å². The Kier molecular flexibility index (Phi) is 4.88. The van der Waals surface area contributed by atoms with Crippen molar-refractivity contribution in [2.24, 2.45) is 0 Å². The monoisotopic (exact) mass is 370 g/mol. The number of rotatable bonds is 5. The molecule has 0 spiro atoms. The van der Waals surface area contributed by atoms with Crippen LogP contribution in [0.5, 0.6) is 0 Å². The van der Waals surface area contributed by atoms with E-state index >= 15 is 0 Å². The van der Waals surface area contributed by atoms with E-state index in [-0.39, 0.29) is 17.2 Å². The van der Waals surface area contributed by atoms with Gasteiger partial charge in [0, 0.05) is 6.42 Å². The number of benzene rings is 1. The molecule has 26 heavy (non-hydrogen) atoms. The Morgan fingerprint density at radius 2 is 1.81 bits per heavy atom. The number of hydrogen-bond acceptors (Lipinski definition) is 5. The third kappa shape index (κ3) is 3.09. The zero-order valence-corrected chi connectivity index (χ0v) is 16.5. The van der Waals surface area contributed by atoms with E-state index in [1.807, 2.05) is 6.92 Å². The minimum absolute atomic E-state index is 0.0713. The van der Waals surface area contributed by atoms with Gasteiger partial charge in [0.05, 0.1) is 6.04 Å². The van der Waals surface area contributed by atoms with Gasteiger partial charge in [-0.3, -0.25) is 9.69 Å². The smallest absolute Gasteiger partial charge is 0.264 e. The van der Waals surface area contributed by atoms with Crippen LogP contribution in [-0.2, 0) is 6.42 Å². The lowest BCUT2D eigenvalue weighted by molar-refractivity contribution is 0.0847. The number of hydrogen-bond donors (Lipinski definition) is 0. The third-order valence-electron chi connectivity index (χ3n) is 5.39. The van der Waals surface area contributed by atoms with Gasteiger partial charge in [-0.1, -0.05) is 56.8 Å². The van der Waals surface area contributed by atoms with Crippen LogP contribution in [0.4, 0.5) is 0 Å². The number of aryl methyl sites for hydroxylation is 1. The molecule has 2 aliphatic heterocycles. The fourth-order valence-electron chi connectivity index (χ4n) is 3.87. The molecular formula is C20H26N4OS. The Hall–Kier alpha value is -1.66. The van der Waals surface area contributed by atoms with E-state index in [0.717, 1.165) is 30.5 Å². The van der Waals surface area contributed by atoms with Crippen molar-refractivity contribution >= 4 is 17.7 Å². The zero-order chi connectivity index (χ0) is 18.3. The molecule has 1 aromatic heterocycles. The molecule has 2 atom stereocenters. The van der Waals surface area contributed by atoms with E-state index in [4.69, 9.17) is 0 Å². The highest BCUT2D eigenvalue weighted by Crippen LogP contribution is 2.42. The lowest BCUT2D eigenvalue weighted by atomic mass is 9.96. The topological polar surface area (TPSA) is 51.0 Å². The van der Waals surface area contributed by atoms with Crippen LogP contribution in [0, 0.1) is 0 Å². The molecule has 6 heteroatoms. The molecular weight excluding hydrogens is 344 g/mol. The van der Waals surface area contributed by atoms with E-state index in [9.17, 15) is 4.79 Å². The van der Waals surface area contributed by atoms with Crippen LogP contribution in [0.25, 0.3) is 0 Å². The first-order chi connectivity index (χ1) is 12.6. The summed E-state index contributed by atoms with van der Waals surface area (Å²) in [7, 11) is 0. The minimum atomic E-state index is -0.168. The molecule has 0 aliphatic carbocycles. The largest absolute Gasteiger partial charge is 0.295 e. The fourth-order valence-corrected chi connectivity index (χ4v) is 5.14. The number of thioether (sulfide) groups is 1. The number of nitrogens with zero attached hydrogens (tertiary/aromatic N) is 4. The fraction of sp³-hybridized carbons (Fsp3) is 0.550. The van der Waals surface area contributed by atoms with Gasteiger partial charge >= 0.3 is 0 Å². The molecule has 0 amide bonds. The van der Waals surface area contributed by atoms with Crippen molar-refractivity contribution in [3.8, 4) is 0 Å². The molecule has 0 radical (unpaired) electrons. The summed E-state index contributed by atoms with van der Waals surface area (Å²) in [5.41, 5.74) is 2.56. The molecule has 4 rings (SSSR count). The van der Waals surface area contributed by atoms with E-state index in [2.05, 4.69) is 53.1 Å². The number of aromatic nitrogens is 3. The quantitative estimate of drug-likeness (QED) is 0.798. The van der Waals surface area contributed by atoms with Crippen molar-refractivity contribution in [1.82, 2.24) is 19.7 Å². The Labute approximate surface area is 159 Å². The highest BCUT2D eigenvalue weighted by atomic mass is 32.2. The second-order valence-corrected chi connectivity index (χ2v) is 8.57. The highest BCUT2D eigenvalue weighted by molar-refractivity contribution is 8.00. The van der Waals surface area contributed by atoms with Gasteiger partial charge in [-0.05, 0) is 43.0 Å². The van der Waals surface area contributed by atoms with Crippen molar-refractivity contribution in [1.29, 1.82) is 0 Å². The molecule has 3 heterocycles. The van der Waals surface area contributed by atoms with E-state index in [1.54, 1.807) is 11.8 Å². The number of likely N-dealkylation sites (tertiary alicyclic amines) is 1. The van der Waals surface area contributed by atoms with Crippen molar-refractivity contribution < 1.29 is 4.79 Å². The second kappa shape index (κ2) is 7.16. The summed E-state index contributed by atoms with van der Waals surface area (Å²) in [6.07, 6.45) is 3.16. The molecule has 2 aromatic rings. The SMILES string of the molecule is CCc1nc2n(n1)C(=O)C(C(c1ccc(C(C)C)cc1)N1CCCC1)S2. The van der Waals surface area contributed by atoms with Gasteiger partial charge < -0.3 is 0 Å². The Balaban J connectivity index is 1.66. The maximum Gasteiger partial charge on any atom is 0.264 e. The number of carbonyl (C=O) groups is 1. The summed E-state index contributed by atoms with van der Waals surface area (Å²) in [6.45, 7) is 8.53. The molecule has 0 bridgehead atoms. The van der Waals surface area contributed by atoms with Crippen LogP contribution in [0.2, 0.25) is 0 Å². The minimum Gasteiger partial charge on any atom is -0.295 e. The van der Waals surface area contributed by atoms with Crippen LogP contribution in [0.1, 0.15) is 67.3 Å². The molecule has 1 saturated heterocycles. The van der Waals surface area contributed by atoms with Crippen LogP contribution >= 0.6 is 11.8 Å². The molecule has 0 N–H and O–H groups in total. The van der Waals surface area contributed by atoms with Crippen molar-refractivity contribution in [2.75, 3.05) is 13.1 Å². The average molecular weight is 371 g/mol.